The average Bonchev–Trinajstić information content (AvgIpc) is 2.68. The highest BCUT2D eigenvalue weighted by Crippen LogP contribution is 2.20. The molecule has 1 aliphatic heterocycles. The van der Waals surface area contributed by atoms with Crippen molar-refractivity contribution in [3.8, 4) is 0 Å². The fraction of sp³-hybridized carbons (Fsp3) is 0.350. The van der Waals surface area contributed by atoms with Crippen molar-refractivity contribution >= 4 is 21.4 Å². The SMILES string of the molecule is CC(C)S(=O)(=O)c1cccc(C(=O)N2CCN(c3ccccc3)CC2)c1. The molecule has 2 aromatic carbocycles. The van der Waals surface area contributed by atoms with Gasteiger partial charge >= 0.3 is 0 Å². The number of amides is 1. The zero-order valence-corrected chi connectivity index (χ0v) is 15.9. The van der Waals surface area contributed by atoms with E-state index in [1.54, 1.807) is 36.9 Å². The van der Waals surface area contributed by atoms with E-state index in [1.807, 2.05) is 18.2 Å². The number of rotatable bonds is 4. The molecule has 1 aliphatic rings. The molecule has 138 valence electrons. The number of carbonyl (C=O) groups is 1. The van der Waals surface area contributed by atoms with E-state index >= 15 is 0 Å². The minimum atomic E-state index is -3.39. The molecule has 2 aromatic rings. The second kappa shape index (κ2) is 7.50. The number of carbonyl (C=O) groups excluding carboxylic acids is 1. The van der Waals surface area contributed by atoms with Gasteiger partial charge in [-0.05, 0) is 44.2 Å². The zero-order chi connectivity index (χ0) is 18.7. The lowest BCUT2D eigenvalue weighted by molar-refractivity contribution is 0.0746. The summed E-state index contributed by atoms with van der Waals surface area (Å²) in [4.78, 5) is 17.1. The third-order valence-corrected chi connectivity index (χ3v) is 6.87. The van der Waals surface area contributed by atoms with Crippen molar-refractivity contribution < 1.29 is 13.2 Å². The summed E-state index contributed by atoms with van der Waals surface area (Å²) in [7, 11) is -3.39. The minimum absolute atomic E-state index is 0.112. The van der Waals surface area contributed by atoms with Crippen LogP contribution >= 0.6 is 0 Å². The Bertz CT molecular complexity index is 871. The first-order valence-corrected chi connectivity index (χ1v) is 10.4. The maximum atomic E-state index is 12.8. The summed E-state index contributed by atoms with van der Waals surface area (Å²) in [5, 5.41) is -0.512. The summed E-state index contributed by atoms with van der Waals surface area (Å²) in [5.74, 6) is -0.112. The predicted molar refractivity (Wildman–Crippen MR) is 103 cm³/mol. The normalized spacial score (nSPS) is 15.3. The molecule has 0 aliphatic carbocycles. The van der Waals surface area contributed by atoms with E-state index in [0.717, 1.165) is 18.8 Å². The van der Waals surface area contributed by atoms with Gasteiger partial charge in [-0.25, -0.2) is 8.42 Å². The van der Waals surface area contributed by atoms with Crippen molar-refractivity contribution in [1.82, 2.24) is 4.90 Å². The van der Waals surface area contributed by atoms with E-state index in [0.29, 0.717) is 18.7 Å². The lowest BCUT2D eigenvalue weighted by Crippen LogP contribution is -2.48. The van der Waals surface area contributed by atoms with E-state index in [2.05, 4.69) is 17.0 Å². The highest BCUT2D eigenvalue weighted by atomic mass is 32.2. The standard InChI is InChI=1S/C20H24N2O3S/c1-16(2)26(24,25)19-10-6-7-17(15-19)20(23)22-13-11-21(12-14-22)18-8-4-3-5-9-18/h3-10,15-16H,11-14H2,1-2H3. The number of piperazine rings is 1. The summed E-state index contributed by atoms with van der Waals surface area (Å²) in [6.45, 7) is 6.06. The van der Waals surface area contributed by atoms with Crippen LogP contribution in [0.3, 0.4) is 0 Å². The van der Waals surface area contributed by atoms with Crippen LogP contribution < -0.4 is 4.90 Å². The molecule has 0 bridgehead atoms. The molecule has 0 radical (unpaired) electrons. The first-order valence-electron chi connectivity index (χ1n) is 8.83. The van der Waals surface area contributed by atoms with Gasteiger partial charge in [-0.3, -0.25) is 4.79 Å². The fourth-order valence-corrected chi connectivity index (χ4v) is 4.17. The van der Waals surface area contributed by atoms with Crippen LogP contribution in [0.5, 0.6) is 0 Å². The Kier molecular flexibility index (Phi) is 5.32. The van der Waals surface area contributed by atoms with Crippen molar-refractivity contribution in [3.63, 3.8) is 0 Å². The molecule has 0 saturated carbocycles. The first-order chi connectivity index (χ1) is 12.4. The molecule has 3 rings (SSSR count). The van der Waals surface area contributed by atoms with Gasteiger partial charge in [-0.2, -0.15) is 0 Å². The van der Waals surface area contributed by atoms with Crippen LogP contribution in [0.1, 0.15) is 24.2 Å². The smallest absolute Gasteiger partial charge is 0.254 e. The second-order valence-corrected chi connectivity index (χ2v) is 9.24. The maximum absolute atomic E-state index is 12.8. The van der Waals surface area contributed by atoms with Crippen LogP contribution in [0, 0.1) is 0 Å². The Morgan fingerprint density at radius 1 is 0.923 bits per heavy atom. The molecule has 1 fully saturated rings. The third kappa shape index (κ3) is 3.75. The first kappa shape index (κ1) is 18.5. The maximum Gasteiger partial charge on any atom is 0.254 e. The van der Waals surface area contributed by atoms with E-state index in [1.165, 1.54) is 6.07 Å². The van der Waals surface area contributed by atoms with Gasteiger partial charge in [0.15, 0.2) is 9.84 Å². The molecule has 1 amide bonds. The molecule has 0 unspecified atom stereocenters. The van der Waals surface area contributed by atoms with Crippen LogP contribution in [-0.2, 0) is 9.84 Å². The summed E-state index contributed by atoms with van der Waals surface area (Å²) in [6.07, 6.45) is 0. The highest BCUT2D eigenvalue weighted by molar-refractivity contribution is 7.92. The van der Waals surface area contributed by atoms with Crippen LogP contribution in [0.2, 0.25) is 0 Å². The molecular weight excluding hydrogens is 348 g/mol. The highest BCUT2D eigenvalue weighted by Gasteiger charge is 2.24. The molecule has 5 nitrogen and oxygen atoms in total. The monoisotopic (exact) mass is 372 g/mol. The topological polar surface area (TPSA) is 57.7 Å². The molecule has 6 heteroatoms. The third-order valence-electron chi connectivity index (χ3n) is 4.72. The molecular formula is C20H24N2O3S. The Labute approximate surface area is 155 Å². The Morgan fingerprint density at radius 2 is 1.58 bits per heavy atom. The summed E-state index contributed by atoms with van der Waals surface area (Å²) >= 11 is 0. The molecule has 0 atom stereocenters. The van der Waals surface area contributed by atoms with E-state index in [4.69, 9.17) is 0 Å². The predicted octanol–water partition coefficient (Wildman–Crippen LogP) is 2.83. The van der Waals surface area contributed by atoms with Crippen LogP contribution in [0.25, 0.3) is 0 Å². The molecule has 0 N–H and O–H groups in total. The van der Waals surface area contributed by atoms with Crippen LogP contribution in [-0.4, -0.2) is 50.7 Å². The van der Waals surface area contributed by atoms with Crippen molar-refractivity contribution in [1.29, 1.82) is 0 Å². The average molecular weight is 372 g/mol. The summed E-state index contributed by atoms with van der Waals surface area (Å²) in [5.41, 5.74) is 1.59. The lowest BCUT2D eigenvalue weighted by atomic mass is 10.1. The Morgan fingerprint density at radius 3 is 2.19 bits per heavy atom. The number of hydrogen-bond donors (Lipinski definition) is 0. The van der Waals surface area contributed by atoms with Gasteiger partial charge in [0.05, 0.1) is 10.1 Å². The molecule has 1 heterocycles. The summed E-state index contributed by atoms with van der Waals surface area (Å²) in [6, 6.07) is 16.5. The van der Waals surface area contributed by atoms with Gasteiger partial charge in [0.1, 0.15) is 0 Å². The van der Waals surface area contributed by atoms with Crippen molar-refractivity contribution in [2.45, 2.75) is 24.0 Å². The van der Waals surface area contributed by atoms with Crippen LogP contribution in [0.15, 0.2) is 59.5 Å². The van der Waals surface area contributed by atoms with E-state index in [-0.39, 0.29) is 10.8 Å². The van der Waals surface area contributed by atoms with Crippen molar-refractivity contribution in [3.05, 3.63) is 60.2 Å². The fourth-order valence-electron chi connectivity index (χ4n) is 3.07. The number of benzene rings is 2. The van der Waals surface area contributed by atoms with Gasteiger partial charge in [-0.1, -0.05) is 24.3 Å². The molecule has 0 spiro atoms. The number of anilines is 1. The van der Waals surface area contributed by atoms with E-state index < -0.39 is 15.1 Å². The zero-order valence-electron chi connectivity index (χ0n) is 15.1. The van der Waals surface area contributed by atoms with Gasteiger partial charge in [0.25, 0.3) is 5.91 Å². The molecule has 0 aromatic heterocycles. The van der Waals surface area contributed by atoms with Gasteiger partial charge in [0.2, 0.25) is 0 Å². The van der Waals surface area contributed by atoms with Crippen molar-refractivity contribution in [2.75, 3.05) is 31.1 Å². The van der Waals surface area contributed by atoms with Crippen molar-refractivity contribution in [2.24, 2.45) is 0 Å². The van der Waals surface area contributed by atoms with Gasteiger partial charge < -0.3 is 9.80 Å². The number of nitrogens with zero attached hydrogens (tertiary/aromatic N) is 2. The Balaban J connectivity index is 1.71. The van der Waals surface area contributed by atoms with Gasteiger partial charge in [0, 0.05) is 37.4 Å². The molecule has 1 saturated heterocycles. The quantitative estimate of drug-likeness (QED) is 0.828. The lowest BCUT2D eigenvalue weighted by Gasteiger charge is -2.36. The summed E-state index contributed by atoms with van der Waals surface area (Å²) < 4.78 is 24.7. The number of sulfone groups is 1. The minimum Gasteiger partial charge on any atom is -0.368 e. The number of hydrogen-bond acceptors (Lipinski definition) is 4. The van der Waals surface area contributed by atoms with E-state index in [9.17, 15) is 13.2 Å². The number of para-hydroxylation sites is 1. The molecule has 26 heavy (non-hydrogen) atoms. The second-order valence-electron chi connectivity index (χ2n) is 6.74. The Hall–Kier alpha value is -2.34. The van der Waals surface area contributed by atoms with Gasteiger partial charge in [-0.15, -0.1) is 0 Å². The van der Waals surface area contributed by atoms with Crippen LogP contribution in [0.4, 0.5) is 5.69 Å². The largest absolute Gasteiger partial charge is 0.368 e.